The number of amides is 2. The normalized spacial score (nSPS) is 15.0. The summed E-state index contributed by atoms with van der Waals surface area (Å²) in [7, 11) is -4.09. The first-order valence-electron chi connectivity index (χ1n) is 13.4. The van der Waals surface area contributed by atoms with E-state index in [1.165, 1.54) is 24.4 Å². The van der Waals surface area contributed by atoms with Crippen molar-refractivity contribution in [2.24, 2.45) is 5.10 Å². The molecule has 1 saturated heterocycles. The van der Waals surface area contributed by atoms with Gasteiger partial charge in [0.2, 0.25) is 0 Å². The third-order valence-electron chi connectivity index (χ3n) is 6.54. The molecule has 1 aliphatic rings. The Labute approximate surface area is 250 Å². The van der Waals surface area contributed by atoms with Gasteiger partial charge in [0.15, 0.2) is 6.61 Å². The number of benzene rings is 3. The molecule has 2 amide bonds. The molecule has 42 heavy (non-hydrogen) atoms. The van der Waals surface area contributed by atoms with Crippen molar-refractivity contribution >= 4 is 45.3 Å². The molecule has 0 unspecified atom stereocenters. The van der Waals surface area contributed by atoms with Crippen molar-refractivity contribution in [2.75, 3.05) is 30.6 Å². The first-order chi connectivity index (χ1) is 20.1. The molecule has 3 aromatic rings. The predicted molar refractivity (Wildman–Crippen MR) is 162 cm³/mol. The van der Waals surface area contributed by atoms with Crippen LogP contribution in [-0.4, -0.2) is 58.9 Å². The minimum Gasteiger partial charge on any atom is -0.484 e. The second-order valence-corrected chi connectivity index (χ2v) is 12.1. The quantitative estimate of drug-likeness (QED) is 0.235. The van der Waals surface area contributed by atoms with E-state index in [9.17, 15) is 18.0 Å². The molecule has 2 N–H and O–H groups in total. The number of nitrogens with zero attached hydrogens (tertiary/aromatic N) is 2. The predicted octanol–water partition coefficient (Wildman–Crippen LogP) is 3.98. The molecule has 0 saturated carbocycles. The van der Waals surface area contributed by atoms with Gasteiger partial charge >= 0.3 is 0 Å². The van der Waals surface area contributed by atoms with Crippen LogP contribution in [0.3, 0.4) is 0 Å². The monoisotopic (exact) mass is 612 g/mol. The van der Waals surface area contributed by atoms with Crippen LogP contribution in [0, 0.1) is 13.8 Å². The van der Waals surface area contributed by atoms with E-state index in [0.29, 0.717) is 34.1 Å². The van der Waals surface area contributed by atoms with Gasteiger partial charge in [-0.3, -0.25) is 13.9 Å². The highest BCUT2D eigenvalue weighted by molar-refractivity contribution is 7.92. The summed E-state index contributed by atoms with van der Waals surface area (Å²) in [4.78, 5) is 24.9. The lowest BCUT2D eigenvalue weighted by Gasteiger charge is -2.25. The largest absolute Gasteiger partial charge is 0.484 e. The van der Waals surface area contributed by atoms with Crippen LogP contribution >= 0.6 is 11.6 Å². The number of aryl methyl sites for hydroxylation is 2. The fraction of sp³-hybridized carbons (Fsp3) is 0.300. The fourth-order valence-electron chi connectivity index (χ4n) is 4.22. The maximum Gasteiger partial charge on any atom is 0.264 e. The van der Waals surface area contributed by atoms with Crippen LogP contribution < -0.4 is 19.8 Å². The van der Waals surface area contributed by atoms with E-state index in [1.54, 1.807) is 55.5 Å². The highest BCUT2D eigenvalue weighted by atomic mass is 35.5. The topological polar surface area (TPSA) is 126 Å². The van der Waals surface area contributed by atoms with Crippen molar-refractivity contribution in [3.8, 4) is 5.75 Å². The lowest BCUT2D eigenvalue weighted by atomic mass is 10.2. The van der Waals surface area contributed by atoms with Gasteiger partial charge in [0.1, 0.15) is 12.3 Å². The summed E-state index contributed by atoms with van der Waals surface area (Å²) < 4.78 is 39.2. The van der Waals surface area contributed by atoms with E-state index < -0.39 is 22.5 Å². The van der Waals surface area contributed by atoms with Crippen molar-refractivity contribution in [3.05, 3.63) is 88.4 Å². The zero-order valence-corrected chi connectivity index (χ0v) is 25.0. The standard InChI is InChI=1S/C30H33ClN4O6S/c1-21-5-13-27(14-6-21)42(38,39)35(28-16-24(31)10-7-22(28)2)19-29(36)34-33-17-23-8-11-25(12-9-23)41-20-30(37)32-18-26-4-3-15-40-26/h5-14,16-17,26H,3-4,15,18-20H2,1-2H3,(H,32,37)(H,34,36)/b33-17-/t26-/m0/s1. The van der Waals surface area contributed by atoms with Gasteiger partial charge in [0.05, 0.1) is 22.9 Å². The zero-order chi connectivity index (χ0) is 30.1. The molecular weight excluding hydrogens is 580 g/mol. The molecule has 0 aromatic heterocycles. The Morgan fingerprint density at radius 2 is 1.81 bits per heavy atom. The fourth-order valence-corrected chi connectivity index (χ4v) is 5.86. The number of rotatable bonds is 12. The number of carbonyl (C=O) groups is 2. The maximum atomic E-state index is 13.6. The first-order valence-corrected chi connectivity index (χ1v) is 15.2. The molecule has 0 spiro atoms. The van der Waals surface area contributed by atoms with Crippen LogP contribution in [-0.2, 0) is 24.3 Å². The number of anilines is 1. The molecule has 1 aliphatic heterocycles. The molecule has 0 radical (unpaired) electrons. The van der Waals surface area contributed by atoms with Crippen LogP contribution in [0.5, 0.6) is 5.75 Å². The lowest BCUT2D eigenvalue weighted by molar-refractivity contribution is -0.123. The molecule has 1 heterocycles. The zero-order valence-electron chi connectivity index (χ0n) is 23.4. The van der Waals surface area contributed by atoms with Crippen LogP contribution in [0.15, 0.2) is 76.7 Å². The summed E-state index contributed by atoms with van der Waals surface area (Å²) in [5.74, 6) is -0.377. The average molecular weight is 613 g/mol. The SMILES string of the molecule is Cc1ccc(S(=O)(=O)N(CC(=O)N/N=C\c2ccc(OCC(=O)NC[C@@H]3CCCO3)cc2)c2cc(Cl)ccc2C)cc1. The Morgan fingerprint density at radius 1 is 1.07 bits per heavy atom. The van der Waals surface area contributed by atoms with E-state index in [1.807, 2.05) is 6.92 Å². The van der Waals surface area contributed by atoms with Gasteiger partial charge in [0.25, 0.3) is 21.8 Å². The van der Waals surface area contributed by atoms with Gasteiger partial charge in [-0.2, -0.15) is 5.10 Å². The van der Waals surface area contributed by atoms with E-state index in [2.05, 4.69) is 15.8 Å². The number of halogens is 1. The minimum atomic E-state index is -4.09. The van der Waals surface area contributed by atoms with Gasteiger partial charge in [0, 0.05) is 18.2 Å². The van der Waals surface area contributed by atoms with Crippen molar-refractivity contribution in [1.82, 2.24) is 10.7 Å². The van der Waals surface area contributed by atoms with Crippen LogP contribution in [0.2, 0.25) is 5.02 Å². The van der Waals surface area contributed by atoms with Crippen LogP contribution in [0.1, 0.15) is 29.5 Å². The third-order valence-corrected chi connectivity index (χ3v) is 8.55. The third kappa shape index (κ3) is 8.54. The van der Waals surface area contributed by atoms with Crippen molar-refractivity contribution in [2.45, 2.75) is 37.7 Å². The van der Waals surface area contributed by atoms with E-state index in [4.69, 9.17) is 21.1 Å². The van der Waals surface area contributed by atoms with Gasteiger partial charge in [-0.25, -0.2) is 13.8 Å². The second-order valence-electron chi connectivity index (χ2n) is 9.85. The second kappa shape index (κ2) is 14.3. The van der Waals surface area contributed by atoms with Crippen molar-refractivity contribution < 1.29 is 27.5 Å². The first kappa shape index (κ1) is 31.0. The number of sulfonamides is 1. The summed E-state index contributed by atoms with van der Waals surface area (Å²) in [5.41, 5.74) is 4.87. The number of hydrazone groups is 1. The number of ether oxygens (including phenoxy) is 2. The van der Waals surface area contributed by atoms with Crippen molar-refractivity contribution in [1.29, 1.82) is 0 Å². The molecule has 10 nitrogen and oxygen atoms in total. The van der Waals surface area contributed by atoms with Gasteiger partial charge in [-0.05, 0) is 86.3 Å². The summed E-state index contributed by atoms with van der Waals surface area (Å²) in [6.07, 6.45) is 3.43. The van der Waals surface area contributed by atoms with Crippen molar-refractivity contribution in [3.63, 3.8) is 0 Å². The van der Waals surface area contributed by atoms with Gasteiger partial charge in [-0.15, -0.1) is 0 Å². The molecule has 0 bridgehead atoms. The summed E-state index contributed by atoms with van der Waals surface area (Å²) in [6.45, 7) is 4.16. The number of hydrogen-bond donors (Lipinski definition) is 2. The van der Waals surface area contributed by atoms with Gasteiger partial charge in [-0.1, -0.05) is 35.4 Å². The Kier molecular flexibility index (Phi) is 10.6. The molecule has 1 atom stereocenters. The Balaban J connectivity index is 1.35. The summed E-state index contributed by atoms with van der Waals surface area (Å²) >= 11 is 6.17. The molecule has 12 heteroatoms. The molecule has 1 fully saturated rings. The number of carbonyl (C=O) groups excluding carboxylic acids is 2. The molecule has 4 rings (SSSR count). The summed E-state index contributed by atoms with van der Waals surface area (Å²) in [5, 5.41) is 7.11. The van der Waals surface area contributed by atoms with Crippen LogP contribution in [0.4, 0.5) is 5.69 Å². The minimum absolute atomic E-state index is 0.0476. The Morgan fingerprint density at radius 3 is 2.50 bits per heavy atom. The number of hydrogen-bond acceptors (Lipinski definition) is 7. The Bertz CT molecular complexity index is 1520. The van der Waals surface area contributed by atoms with Crippen LogP contribution in [0.25, 0.3) is 0 Å². The molecule has 222 valence electrons. The highest BCUT2D eigenvalue weighted by Gasteiger charge is 2.28. The molecule has 0 aliphatic carbocycles. The maximum absolute atomic E-state index is 13.6. The Hall–Kier alpha value is -3.93. The van der Waals surface area contributed by atoms with E-state index >= 15 is 0 Å². The lowest BCUT2D eigenvalue weighted by Crippen LogP contribution is -2.40. The smallest absolute Gasteiger partial charge is 0.264 e. The summed E-state index contributed by atoms with van der Waals surface area (Å²) in [6, 6.07) is 18.0. The molecule has 3 aromatic carbocycles. The average Bonchev–Trinajstić information content (AvgIpc) is 3.50. The molecular formula is C30H33ClN4O6S. The van der Waals surface area contributed by atoms with E-state index in [0.717, 1.165) is 29.3 Å². The van der Waals surface area contributed by atoms with Gasteiger partial charge < -0.3 is 14.8 Å². The highest BCUT2D eigenvalue weighted by Crippen LogP contribution is 2.29. The number of nitrogens with one attached hydrogen (secondary N) is 2. The van der Waals surface area contributed by atoms with E-state index in [-0.39, 0.29) is 23.5 Å².